The van der Waals surface area contributed by atoms with E-state index in [1.165, 1.54) is 65.2 Å². The molecule has 0 bridgehead atoms. The van der Waals surface area contributed by atoms with Crippen molar-refractivity contribution in [1.82, 2.24) is 10.6 Å². The fourth-order valence-electron chi connectivity index (χ4n) is 4.55. The Labute approximate surface area is 227 Å². The van der Waals surface area contributed by atoms with E-state index in [4.69, 9.17) is 9.47 Å². The van der Waals surface area contributed by atoms with Crippen LogP contribution in [0.2, 0.25) is 0 Å². The number of hydrogen-bond acceptors (Lipinski definition) is 9. The van der Waals surface area contributed by atoms with Gasteiger partial charge in [-0.1, -0.05) is 84.0 Å². The Morgan fingerprint density at radius 2 is 1.32 bits per heavy atom. The van der Waals surface area contributed by atoms with Gasteiger partial charge in [0.1, 0.15) is 30.5 Å². The standard InChI is InChI=1S/C27H52N2O9/c1-4-5-6-7-8-9-10-11-12-13-14-15-16-20(32)22(33)26(29-19(3)31)38-27-25(36)24(35)23(34)21(37-27)17-28-18(2)30/h20-27,32-36H,4-17H2,1-3H3,(H,28,30)(H,29,31)/t20-,21?,22?,23?,24?,25?,26+,27?/m1/s1. The van der Waals surface area contributed by atoms with Gasteiger partial charge in [0, 0.05) is 20.4 Å². The number of unbranched alkanes of at least 4 members (excludes halogenated alkanes) is 11. The second-order valence-electron chi connectivity index (χ2n) is 10.4. The first-order valence-corrected chi connectivity index (χ1v) is 14.3. The number of aliphatic hydroxyl groups is 5. The summed E-state index contributed by atoms with van der Waals surface area (Å²) in [5, 5.41) is 56.7. The van der Waals surface area contributed by atoms with Gasteiger partial charge in [0.2, 0.25) is 11.8 Å². The normalized spacial score (nSPS) is 25.9. The highest BCUT2D eigenvalue weighted by atomic mass is 16.7. The minimum absolute atomic E-state index is 0.158. The fourth-order valence-corrected chi connectivity index (χ4v) is 4.55. The minimum Gasteiger partial charge on any atom is -0.390 e. The monoisotopic (exact) mass is 548 g/mol. The van der Waals surface area contributed by atoms with Crippen LogP contribution in [0.1, 0.15) is 104 Å². The van der Waals surface area contributed by atoms with Crippen molar-refractivity contribution in [2.45, 2.75) is 153 Å². The van der Waals surface area contributed by atoms with Gasteiger partial charge < -0.3 is 45.6 Å². The van der Waals surface area contributed by atoms with Gasteiger partial charge in [-0.15, -0.1) is 0 Å². The van der Waals surface area contributed by atoms with Gasteiger partial charge in [0.05, 0.1) is 6.10 Å². The van der Waals surface area contributed by atoms with Crippen LogP contribution in [0.3, 0.4) is 0 Å². The average molecular weight is 549 g/mol. The maximum Gasteiger partial charge on any atom is 0.218 e. The lowest BCUT2D eigenvalue weighted by Gasteiger charge is -2.42. The van der Waals surface area contributed by atoms with Crippen LogP contribution in [-0.4, -0.2) is 93.0 Å². The van der Waals surface area contributed by atoms with E-state index in [1.54, 1.807) is 0 Å². The molecule has 8 atom stereocenters. The number of ether oxygens (including phenoxy) is 2. The molecule has 0 saturated carbocycles. The molecule has 1 heterocycles. The van der Waals surface area contributed by atoms with Crippen LogP contribution in [0.5, 0.6) is 0 Å². The Morgan fingerprint density at radius 3 is 1.82 bits per heavy atom. The molecule has 0 aliphatic carbocycles. The molecule has 7 N–H and O–H groups in total. The van der Waals surface area contributed by atoms with Crippen LogP contribution < -0.4 is 10.6 Å². The third-order valence-corrected chi connectivity index (χ3v) is 6.90. The Morgan fingerprint density at radius 1 is 0.789 bits per heavy atom. The van der Waals surface area contributed by atoms with Crippen LogP contribution in [0.25, 0.3) is 0 Å². The van der Waals surface area contributed by atoms with Crippen molar-refractivity contribution in [2.24, 2.45) is 0 Å². The van der Waals surface area contributed by atoms with Crippen molar-refractivity contribution in [2.75, 3.05) is 6.54 Å². The molecule has 0 aromatic heterocycles. The molecule has 1 fully saturated rings. The zero-order chi connectivity index (χ0) is 28.5. The summed E-state index contributed by atoms with van der Waals surface area (Å²) in [4.78, 5) is 22.9. The molecule has 1 aliphatic rings. The highest BCUT2D eigenvalue weighted by molar-refractivity contribution is 5.73. The van der Waals surface area contributed by atoms with Gasteiger partial charge in [0.15, 0.2) is 12.5 Å². The molecule has 224 valence electrons. The second-order valence-corrected chi connectivity index (χ2v) is 10.4. The lowest BCUT2D eigenvalue weighted by Crippen LogP contribution is -2.63. The smallest absolute Gasteiger partial charge is 0.218 e. The number of carbonyl (C=O) groups excluding carboxylic acids is 2. The molecule has 0 spiro atoms. The summed E-state index contributed by atoms with van der Waals surface area (Å²) in [7, 11) is 0. The summed E-state index contributed by atoms with van der Waals surface area (Å²) in [5.74, 6) is -0.932. The van der Waals surface area contributed by atoms with Crippen molar-refractivity contribution in [3.63, 3.8) is 0 Å². The van der Waals surface area contributed by atoms with Crippen molar-refractivity contribution in [3.8, 4) is 0 Å². The van der Waals surface area contributed by atoms with E-state index in [-0.39, 0.29) is 12.5 Å². The quantitative estimate of drug-likeness (QED) is 0.0870. The van der Waals surface area contributed by atoms with E-state index in [0.717, 1.165) is 19.3 Å². The van der Waals surface area contributed by atoms with Crippen LogP contribution in [0.4, 0.5) is 0 Å². The topological polar surface area (TPSA) is 178 Å². The molecule has 0 radical (unpaired) electrons. The summed E-state index contributed by atoms with van der Waals surface area (Å²) in [6, 6.07) is 0. The lowest BCUT2D eigenvalue weighted by atomic mass is 9.98. The van der Waals surface area contributed by atoms with E-state index in [9.17, 15) is 35.1 Å². The van der Waals surface area contributed by atoms with E-state index in [0.29, 0.717) is 12.8 Å². The van der Waals surface area contributed by atoms with E-state index >= 15 is 0 Å². The second kappa shape index (κ2) is 19.7. The lowest BCUT2D eigenvalue weighted by molar-refractivity contribution is -0.316. The number of hydrogen-bond donors (Lipinski definition) is 7. The summed E-state index contributed by atoms with van der Waals surface area (Å²) < 4.78 is 11.1. The molecule has 11 nitrogen and oxygen atoms in total. The van der Waals surface area contributed by atoms with Crippen LogP contribution >= 0.6 is 0 Å². The molecule has 1 aliphatic heterocycles. The SMILES string of the molecule is CCCCCCCCCCCCCC[C@@H](O)C(O)[C@@H](NC(C)=O)OC1OC(CNC(C)=O)C(O)C(O)C1O. The Bertz CT molecular complexity index is 654. The zero-order valence-corrected chi connectivity index (χ0v) is 23.4. The maximum atomic E-state index is 11.7. The molecule has 0 aromatic rings. The molecular formula is C27H52N2O9. The average Bonchev–Trinajstić information content (AvgIpc) is 2.87. The van der Waals surface area contributed by atoms with Gasteiger partial charge in [-0.3, -0.25) is 9.59 Å². The summed E-state index contributed by atoms with van der Waals surface area (Å²) in [6.07, 6.45) is 2.65. The van der Waals surface area contributed by atoms with Crippen LogP contribution in [-0.2, 0) is 19.1 Å². The van der Waals surface area contributed by atoms with Gasteiger partial charge in [-0.25, -0.2) is 0 Å². The van der Waals surface area contributed by atoms with Gasteiger partial charge in [-0.2, -0.15) is 0 Å². The maximum absolute atomic E-state index is 11.7. The molecule has 38 heavy (non-hydrogen) atoms. The number of amides is 2. The molecule has 0 aromatic carbocycles. The zero-order valence-electron chi connectivity index (χ0n) is 23.4. The number of carbonyl (C=O) groups is 2. The van der Waals surface area contributed by atoms with E-state index in [1.807, 2.05) is 0 Å². The molecule has 1 rings (SSSR count). The van der Waals surface area contributed by atoms with E-state index < -0.39 is 55.0 Å². The van der Waals surface area contributed by atoms with Crippen molar-refractivity contribution >= 4 is 11.8 Å². The first kappa shape index (κ1) is 34.7. The summed E-state index contributed by atoms with van der Waals surface area (Å²) in [5.41, 5.74) is 0. The minimum atomic E-state index is -1.70. The number of nitrogens with one attached hydrogen (secondary N) is 2. The van der Waals surface area contributed by atoms with Crippen molar-refractivity contribution < 1.29 is 44.6 Å². The number of aliphatic hydroxyl groups excluding tert-OH is 5. The van der Waals surface area contributed by atoms with Crippen LogP contribution in [0.15, 0.2) is 0 Å². The molecule has 2 amide bonds. The van der Waals surface area contributed by atoms with Crippen molar-refractivity contribution in [1.29, 1.82) is 0 Å². The van der Waals surface area contributed by atoms with Gasteiger partial charge in [0.25, 0.3) is 0 Å². The summed E-state index contributed by atoms with van der Waals surface area (Å²) >= 11 is 0. The molecule has 11 heteroatoms. The number of rotatable bonds is 20. The van der Waals surface area contributed by atoms with Gasteiger partial charge in [-0.05, 0) is 6.42 Å². The Kier molecular flexibility index (Phi) is 18.0. The fraction of sp³-hybridized carbons (Fsp3) is 0.926. The first-order valence-electron chi connectivity index (χ1n) is 14.3. The van der Waals surface area contributed by atoms with Gasteiger partial charge >= 0.3 is 0 Å². The predicted molar refractivity (Wildman–Crippen MR) is 142 cm³/mol. The molecule has 6 unspecified atom stereocenters. The Hall–Kier alpha value is -1.34. The summed E-state index contributed by atoms with van der Waals surface area (Å²) in [6.45, 7) is 4.54. The Balaban J connectivity index is 2.47. The predicted octanol–water partition coefficient (Wildman–Crippen LogP) is 1.22. The highest BCUT2D eigenvalue weighted by Crippen LogP contribution is 2.24. The van der Waals surface area contributed by atoms with Crippen LogP contribution in [0, 0.1) is 0 Å². The van der Waals surface area contributed by atoms with E-state index in [2.05, 4.69) is 17.6 Å². The third-order valence-electron chi connectivity index (χ3n) is 6.90. The molecule has 1 saturated heterocycles. The highest BCUT2D eigenvalue weighted by Gasteiger charge is 2.46. The van der Waals surface area contributed by atoms with Crippen molar-refractivity contribution in [3.05, 3.63) is 0 Å². The first-order chi connectivity index (χ1) is 18.1. The third kappa shape index (κ3) is 13.6. The largest absolute Gasteiger partial charge is 0.390 e. The molecular weight excluding hydrogens is 496 g/mol.